The lowest BCUT2D eigenvalue weighted by atomic mass is 10.1. The number of benzene rings is 1. The predicted molar refractivity (Wildman–Crippen MR) is 71.3 cm³/mol. The molecule has 0 heterocycles. The molecule has 0 bridgehead atoms. The zero-order chi connectivity index (χ0) is 14.2. The molecule has 1 unspecified atom stereocenters. The van der Waals surface area contributed by atoms with Crippen LogP contribution in [0.4, 0.5) is 0 Å². The van der Waals surface area contributed by atoms with Crippen LogP contribution >= 0.6 is 0 Å². The first-order valence-corrected chi connectivity index (χ1v) is 8.01. The standard InChI is InChI=1S/C13H17NO4S/c1-8(19(2,17)18)13(16)14-12-10-6-4-3-5-9(10)7-11(12)15/h3-6,8,11-12,15H,7H2,1-2H3,(H,14,16)/t8?,11-,12+/m0/s1. The molecule has 0 saturated carbocycles. The fourth-order valence-electron chi connectivity index (χ4n) is 2.21. The van der Waals surface area contributed by atoms with Gasteiger partial charge < -0.3 is 10.4 Å². The second kappa shape index (κ2) is 4.94. The maximum Gasteiger partial charge on any atom is 0.238 e. The van der Waals surface area contributed by atoms with Crippen LogP contribution in [0.1, 0.15) is 24.1 Å². The van der Waals surface area contributed by atoms with Gasteiger partial charge in [0.05, 0.1) is 12.1 Å². The van der Waals surface area contributed by atoms with E-state index in [1.165, 1.54) is 6.92 Å². The largest absolute Gasteiger partial charge is 0.390 e. The molecule has 0 fully saturated rings. The fourth-order valence-corrected chi connectivity index (χ4v) is 2.67. The topological polar surface area (TPSA) is 83.5 Å². The lowest BCUT2D eigenvalue weighted by Crippen LogP contribution is -2.42. The van der Waals surface area contributed by atoms with Crippen molar-refractivity contribution in [1.29, 1.82) is 0 Å². The van der Waals surface area contributed by atoms with Gasteiger partial charge in [0.15, 0.2) is 9.84 Å². The van der Waals surface area contributed by atoms with Crippen molar-refractivity contribution in [2.24, 2.45) is 0 Å². The summed E-state index contributed by atoms with van der Waals surface area (Å²) in [5.74, 6) is -0.580. The molecule has 6 heteroatoms. The molecule has 0 spiro atoms. The number of carbonyl (C=O) groups excluding carboxylic acids is 1. The van der Waals surface area contributed by atoms with E-state index in [4.69, 9.17) is 0 Å². The van der Waals surface area contributed by atoms with Gasteiger partial charge in [0.25, 0.3) is 0 Å². The van der Waals surface area contributed by atoms with Crippen LogP contribution in [0.2, 0.25) is 0 Å². The van der Waals surface area contributed by atoms with E-state index in [1.807, 2.05) is 24.3 Å². The number of rotatable bonds is 3. The molecule has 1 aromatic carbocycles. The van der Waals surface area contributed by atoms with Crippen LogP contribution in [0.5, 0.6) is 0 Å². The van der Waals surface area contributed by atoms with Crippen LogP contribution < -0.4 is 5.32 Å². The Morgan fingerprint density at radius 3 is 2.68 bits per heavy atom. The second-order valence-electron chi connectivity index (χ2n) is 4.93. The van der Waals surface area contributed by atoms with Crippen molar-refractivity contribution in [2.45, 2.75) is 30.7 Å². The lowest BCUT2D eigenvalue weighted by Gasteiger charge is -2.20. The Labute approximate surface area is 112 Å². The first-order chi connectivity index (χ1) is 8.80. The van der Waals surface area contributed by atoms with Crippen molar-refractivity contribution in [2.75, 3.05) is 6.26 Å². The lowest BCUT2D eigenvalue weighted by molar-refractivity contribution is -0.121. The quantitative estimate of drug-likeness (QED) is 0.829. The first-order valence-electron chi connectivity index (χ1n) is 6.06. The zero-order valence-electron chi connectivity index (χ0n) is 10.8. The van der Waals surface area contributed by atoms with Gasteiger partial charge in [0.1, 0.15) is 5.25 Å². The number of carbonyl (C=O) groups is 1. The summed E-state index contributed by atoms with van der Waals surface area (Å²) < 4.78 is 22.7. The van der Waals surface area contributed by atoms with Crippen LogP contribution in [-0.4, -0.2) is 37.0 Å². The first kappa shape index (κ1) is 14.0. The minimum absolute atomic E-state index is 0.467. The molecule has 2 rings (SSSR count). The summed E-state index contributed by atoms with van der Waals surface area (Å²) in [4.78, 5) is 11.9. The molecule has 104 valence electrons. The highest BCUT2D eigenvalue weighted by Gasteiger charge is 2.34. The Morgan fingerprint density at radius 2 is 2.05 bits per heavy atom. The Bertz CT molecular complexity index is 596. The summed E-state index contributed by atoms with van der Waals surface area (Å²) in [6.45, 7) is 1.35. The van der Waals surface area contributed by atoms with Gasteiger partial charge in [-0.25, -0.2) is 8.42 Å². The monoisotopic (exact) mass is 283 g/mol. The van der Waals surface area contributed by atoms with Crippen LogP contribution in [0.15, 0.2) is 24.3 Å². The van der Waals surface area contributed by atoms with Gasteiger partial charge in [-0.05, 0) is 18.1 Å². The van der Waals surface area contributed by atoms with Gasteiger partial charge in [-0.15, -0.1) is 0 Å². The molecule has 1 aromatic rings. The van der Waals surface area contributed by atoms with Crippen molar-refractivity contribution in [1.82, 2.24) is 5.32 Å². The number of fused-ring (bicyclic) bond motifs is 1. The molecule has 0 aromatic heterocycles. The van der Waals surface area contributed by atoms with Crippen LogP contribution in [0.3, 0.4) is 0 Å². The zero-order valence-corrected chi connectivity index (χ0v) is 11.6. The average Bonchev–Trinajstić information content (AvgIpc) is 2.64. The Morgan fingerprint density at radius 1 is 1.42 bits per heavy atom. The van der Waals surface area contributed by atoms with Crippen molar-refractivity contribution >= 4 is 15.7 Å². The maximum atomic E-state index is 11.9. The third-order valence-corrected chi connectivity index (χ3v) is 5.01. The summed E-state index contributed by atoms with van der Waals surface area (Å²) in [6, 6.07) is 6.89. The number of sulfone groups is 1. The van der Waals surface area contributed by atoms with Crippen molar-refractivity contribution < 1.29 is 18.3 Å². The minimum Gasteiger partial charge on any atom is -0.390 e. The second-order valence-corrected chi connectivity index (χ2v) is 7.29. The third-order valence-electron chi connectivity index (χ3n) is 3.51. The Hall–Kier alpha value is -1.40. The number of hydrogen-bond donors (Lipinski definition) is 2. The summed E-state index contributed by atoms with van der Waals surface area (Å²) in [6.07, 6.45) is 0.776. The molecule has 5 nitrogen and oxygen atoms in total. The molecule has 0 saturated heterocycles. The number of aliphatic hydroxyl groups excluding tert-OH is 1. The summed E-state index contributed by atoms with van der Waals surface area (Å²) in [7, 11) is -3.43. The van der Waals surface area contributed by atoms with Crippen molar-refractivity contribution in [3.05, 3.63) is 35.4 Å². The van der Waals surface area contributed by atoms with E-state index in [0.717, 1.165) is 17.4 Å². The summed E-state index contributed by atoms with van der Waals surface area (Å²) in [5, 5.41) is 11.5. The molecule has 0 aliphatic heterocycles. The average molecular weight is 283 g/mol. The predicted octanol–water partition coefficient (Wildman–Crippen LogP) is 0.194. The van der Waals surface area contributed by atoms with E-state index >= 15 is 0 Å². The molecule has 0 radical (unpaired) electrons. The van der Waals surface area contributed by atoms with Crippen molar-refractivity contribution in [3.63, 3.8) is 0 Å². The van der Waals surface area contributed by atoms with E-state index < -0.39 is 33.1 Å². The van der Waals surface area contributed by atoms with Crippen LogP contribution in [0.25, 0.3) is 0 Å². The molecule has 1 aliphatic rings. The Kier molecular flexibility index (Phi) is 3.64. The van der Waals surface area contributed by atoms with Crippen molar-refractivity contribution in [3.8, 4) is 0 Å². The normalized spacial score (nSPS) is 23.7. The molecule has 1 aliphatic carbocycles. The maximum absolute atomic E-state index is 11.9. The molecule has 1 amide bonds. The van der Waals surface area contributed by atoms with Gasteiger partial charge in [-0.3, -0.25) is 4.79 Å². The van der Waals surface area contributed by atoms with E-state index in [-0.39, 0.29) is 0 Å². The number of nitrogens with one attached hydrogen (secondary N) is 1. The van der Waals surface area contributed by atoms with Crippen LogP contribution in [-0.2, 0) is 21.1 Å². The van der Waals surface area contributed by atoms with E-state index in [1.54, 1.807) is 0 Å². The third kappa shape index (κ3) is 2.79. The molecule has 2 N–H and O–H groups in total. The fraction of sp³-hybridized carbons (Fsp3) is 0.462. The van der Waals surface area contributed by atoms with Gasteiger partial charge in [-0.2, -0.15) is 0 Å². The van der Waals surface area contributed by atoms with Gasteiger partial charge in [0.2, 0.25) is 5.91 Å². The molecule has 3 atom stereocenters. The van der Waals surface area contributed by atoms with E-state index in [9.17, 15) is 18.3 Å². The number of amides is 1. The van der Waals surface area contributed by atoms with E-state index in [0.29, 0.717) is 6.42 Å². The smallest absolute Gasteiger partial charge is 0.238 e. The summed E-state index contributed by atoms with van der Waals surface area (Å²) >= 11 is 0. The highest BCUT2D eigenvalue weighted by atomic mass is 32.2. The number of hydrogen-bond acceptors (Lipinski definition) is 4. The number of aliphatic hydroxyl groups is 1. The van der Waals surface area contributed by atoms with Crippen LogP contribution in [0, 0.1) is 0 Å². The van der Waals surface area contributed by atoms with E-state index in [2.05, 4.69) is 5.32 Å². The molecule has 19 heavy (non-hydrogen) atoms. The summed E-state index contributed by atoms with van der Waals surface area (Å²) in [5.41, 5.74) is 1.83. The van der Waals surface area contributed by atoms with Gasteiger partial charge >= 0.3 is 0 Å². The van der Waals surface area contributed by atoms with Gasteiger partial charge in [0, 0.05) is 12.7 Å². The highest BCUT2D eigenvalue weighted by Crippen LogP contribution is 2.31. The van der Waals surface area contributed by atoms with Gasteiger partial charge in [-0.1, -0.05) is 24.3 Å². The highest BCUT2D eigenvalue weighted by molar-refractivity contribution is 7.92. The SMILES string of the molecule is CC(C(=O)N[C@@H]1c2ccccc2C[C@@H]1O)S(C)(=O)=O. The molecular weight excluding hydrogens is 266 g/mol. The molecular formula is C13H17NO4S. The minimum atomic E-state index is -3.43. The Balaban J connectivity index is 2.18.